The first-order valence-corrected chi connectivity index (χ1v) is 44.2. The van der Waals surface area contributed by atoms with Gasteiger partial charge in [-0.1, -0.05) is 286 Å². The number of carboxylic acids is 4. The van der Waals surface area contributed by atoms with Crippen LogP contribution in [0.1, 0.15) is 436 Å². The van der Waals surface area contributed by atoms with Crippen LogP contribution in [0, 0.1) is 23.7 Å². The van der Waals surface area contributed by atoms with Gasteiger partial charge >= 0.3 is 23.9 Å². The molecule has 0 bridgehead atoms. The van der Waals surface area contributed by atoms with Crippen LogP contribution in [0.4, 0.5) is 0 Å². The third kappa shape index (κ3) is 40.1. The van der Waals surface area contributed by atoms with Crippen molar-refractivity contribution < 1.29 is 79.2 Å². The topological polar surface area (TPSA) is 298 Å². The number of ketones is 4. The van der Waals surface area contributed by atoms with Crippen LogP contribution in [0.3, 0.4) is 0 Å². The van der Waals surface area contributed by atoms with Gasteiger partial charge in [0.25, 0.3) is 0 Å². The number of carbonyl (C=O) groups excluding carboxylic acids is 4. The second kappa shape index (κ2) is 61.3. The van der Waals surface area contributed by atoms with Gasteiger partial charge in [-0.2, -0.15) is 27.0 Å². The molecule has 0 aromatic heterocycles. The Bertz CT molecular complexity index is 2880. The number of aliphatic carboxylic acids is 4. The lowest BCUT2D eigenvalue weighted by molar-refractivity contribution is -0.138. The first-order valence-electron chi connectivity index (χ1n) is 44.2. The van der Waals surface area contributed by atoms with Gasteiger partial charge in [-0.25, -0.2) is 0 Å². The molecule has 0 aliphatic heterocycles. The van der Waals surface area contributed by atoms with Crippen molar-refractivity contribution in [2.24, 2.45) is 23.7 Å². The number of carboxylic acid groups (broad SMARTS) is 4. The fourth-order valence-corrected chi connectivity index (χ4v) is 17.5. The maximum absolute atomic E-state index is 12.4. The van der Waals surface area contributed by atoms with Crippen molar-refractivity contribution in [1.82, 2.24) is 0 Å². The lowest BCUT2D eigenvalue weighted by Crippen LogP contribution is -2.13. The molecule has 4 aromatic carbocycles. The molecule has 115 heavy (non-hydrogen) atoms. The van der Waals surface area contributed by atoms with Gasteiger partial charge in [-0.3, -0.25) is 38.4 Å². The largest absolute Gasteiger partial charge is 0.481 e. The van der Waals surface area contributed by atoms with Crippen LogP contribution in [-0.4, -0.2) is 87.9 Å². The molecule has 16 nitrogen and oxygen atoms in total. The molecule has 0 spiro atoms. The van der Waals surface area contributed by atoms with Crippen molar-refractivity contribution >= 4 is 74.0 Å². The lowest BCUT2D eigenvalue weighted by atomic mass is 9.84. The summed E-state index contributed by atoms with van der Waals surface area (Å²) < 4.78 is 0. The molecule has 0 saturated heterocycles. The third-order valence-corrected chi connectivity index (χ3v) is 24.3. The lowest BCUT2D eigenvalue weighted by Gasteiger charge is -2.20. The van der Waals surface area contributed by atoms with Crippen molar-refractivity contribution in [1.29, 1.82) is 0 Å². The molecule has 0 amide bonds. The molecule has 4 aliphatic rings. The number of aliphatic hydroxyl groups excluding tert-OH is 4. The van der Waals surface area contributed by atoms with Crippen LogP contribution in [0.15, 0.2) is 97.1 Å². The molecule has 0 heterocycles. The van der Waals surface area contributed by atoms with E-state index < -0.39 is 48.3 Å². The SMILES string of the molecule is C.CCCCC[C@@H](O)c1ccc([C@@H]2CCC(=O)[C@H]2CCCCCCC(=O)O)cc1.CCCCC[C@@H](O)c1ccc([C@H]2CCC(=O)[C@@H]2CCCCCCC(=O)O)cc1.CCCCC[C@H](O)c1ccc([C@@H]2CCC(=O)[C@H]2CCCCCCC(=O)O)cc1.CCCCC[C@H](O)c1ccc([C@H]2CCC(=O)[C@@H]2CCCCCCC(=O)O)cc1.S.S. The van der Waals surface area contributed by atoms with Gasteiger partial charge in [0.1, 0.15) is 23.1 Å². The first-order chi connectivity index (χ1) is 54.1. The summed E-state index contributed by atoms with van der Waals surface area (Å²) in [5, 5.41) is 76.1. The second-order valence-electron chi connectivity index (χ2n) is 33.0. The Labute approximate surface area is 705 Å². The van der Waals surface area contributed by atoms with Gasteiger partial charge < -0.3 is 40.9 Å². The van der Waals surface area contributed by atoms with Crippen LogP contribution in [0.25, 0.3) is 0 Å². The fourth-order valence-electron chi connectivity index (χ4n) is 17.5. The summed E-state index contributed by atoms with van der Waals surface area (Å²) in [6.07, 6.45) is 40.4. The Hall–Kier alpha value is -6.02. The van der Waals surface area contributed by atoms with E-state index in [0.717, 1.165) is 279 Å². The van der Waals surface area contributed by atoms with E-state index in [1.165, 1.54) is 22.3 Å². The predicted molar refractivity (Wildman–Crippen MR) is 473 cm³/mol. The number of hydrogen-bond donors (Lipinski definition) is 8. The summed E-state index contributed by atoms with van der Waals surface area (Å²) in [6.45, 7) is 8.65. The Morgan fingerprint density at radius 2 is 0.452 bits per heavy atom. The van der Waals surface area contributed by atoms with E-state index in [4.69, 9.17) is 20.4 Å². The van der Waals surface area contributed by atoms with Gasteiger partial charge in [0.2, 0.25) is 0 Å². The smallest absolute Gasteiger partial charge is 0.303 e. The van der Waals surface area contributed by atoms with E-state index in [0.29, 0.717) is 48.8 Å². The number of benzene rings is 4. The van der Waals surface area contributed by atoms with Crippen LogP contribution in [-0.2, 0) is 38.4 Å². The molecule has 4 aromatic rings. The highest BCUT2D eigenvalue weighted by molar-refractivity contribution is 7.59. The third-order valence-electron chi connectivity index (χ3n) is 24.3. The van der Waals surface area contributed by atoms with Gasteiger partial charge in [0.05, 0.1) is 24.4 Å². The molecular formula is C97H152O16S2. The standard InChI is InChI=1S/4C24H36O4.CH4.2H2S/c4*1-2-3-6-10-22(25)19-14-12-18(13-15-19)20-16-17-23(26)21(20)9-7-4-5-8-11-24(27)28;;;/h4*12-15,20-22,25H,2-11,16-17H2,1H3,(H,27,28);1H4;2*1H2/t2*20-,21-,22+;2*20-,21-,22-;;;/m1010.../s1. The minimum atomic E-state index is -0.732. The number of unbranched alkanes of at least 4 members (excludes halogenated alkanes) is 20. The molecule has 648 valence electrons. The molecule has 8 N–H and O–H groups in total. The second-order valence-corrected chi connectivity index (χ2v) is 33.0. The molecule has 0 radical (unpaired) electrons. The minimum absolute atomic E-state index is 0. The number of rotatable bonds is 52. The van der Waals surface area contributed by atoms with Crippen molar-refractivity contribution in [3.05, 3.63) is 142 Å². The van der Waals surface area contributed by atoms with E-state index in [1.54, 1.807) is 0 Å². The summed E-state index contributed by atoms with van der Waals surface area (Å²) in [5.41, 5.74) is 8.74. The van der Waals surface area contributed by atoms with E-state index in [1.807, 2.05) is 48.5 Å². The Balaban J connectivity index is 0.000000516. The molecule has 4 saturated carbocycles. The van der Waals surface area contributed by atoms with Crippen LogP contribution in [0.5, 0.6) is 0 Å². The van der Waals surface area contributed by atoms with Crippen molar-refractivity contribution in [2.75, 3.05) is 0 Å². The highest BCUT2D eigenvalue weighted by atomic mass is 32.1. The van der Waals surface area contributed by atoms with Gasteiger partial charge in [0, 0.05) is 75.0 Å². The van der Waals surface area contributed by atoms with Crippen LogP contribution < -0.4 is 0 Å². The van der Waals surface area contributed by atoms with Crippen LogP contribution >= 0.6 is 27.0 Å². The van der Waals surface area contributed by atoms with E-state index in [-0.39, 0.29) is 107 Å². The van der Waals surface area contributed by atoms with E-state index >= 15 is 0 Å². The Kier molecular flexibility index (Phi) is 56.0. The molecule has 0 unspecified atom stereocenters. The van der Waals surface area contributed by atoms with Crippen molar-refractivity contribution in [3.8, 4) is 0 Å². The Morgan fingerprint density at radius 1 is 0.278 bits per heavy atom. The van der Waals surface area contributed by atoms with Gasteiger partial charge in [-0.05, 0) is 171 Å². The number of hydrogen-bond acceptors (Lipinski definition) is 12. The van der Waals surface area contributed by atoms with Crippen LogP contribution in [0.2, 0.25) is 0 Å². The monoisotopic (exact) mass is 1640 g/mol. The summed E-state index contributed by atoms with van der Waals surface area (Å²) in [4.78, 5) is 91.7. The quantitative estimate of drug-likeness (QED) is 0.0191. The minimum Gasteiger partial charge on any atom is -0.481 e. The summed E-state index contributed by atoms with van der Waals surface area (Å²) in [7, 11) is 0. The molecule has 12 atom stereocenters. The Morgan fingerprint density at radius 3 is 0.617 bits per heavy atom. The van der Waals surface area contributed by atoms with Gasteiger partial charge in [-0.15, -0.1) is 0 Å². The number of Topliss-reactive ketones (excluding diaryl/α,β-unsaturated/α-hetero) is 4. The molecular weight excluding hydrogens is 1490 g/mol. The van der Waals surface area contributed by atoms with Crippen molar-refractivity contribution in [3.63, 3.8) is 0 Å². The normalized spacial score (nSPS) is 19.9. The number of aliphatic hydroxyl groups is 4. The summed E-state index contributed by atoms with van der Waals surface area (Å²) in [5.74, 6) is 0.118. The highest BCUT2D eigenvalue weighted by Gasteiger charge is 2.39. The summed E-state index contributed by atoms with van der Waals surface area (Å²) >= 11 is 0. The van der Waals surface area contributed by atoms with E-state index in [9.17, 15) is 58.8 Å². The predicted octanol–water partition coefficient (Wildman–Crippen LogP) is 24.0. The fraction of sp³-hybridized carbons (Fsp3) is 0.670. The summed E-state index contributed by atoms with van der Waals surface area (Å²) in [6, 6.07) is 33.0. The molecule has 4 aliphatic carbocycles. The zero-order chi connectivity index (χ0) is 81.4. The zero-order valence-electron chi connectivity index (χ0n) is 70.0. The average molecular weight is 1640 g/mol. The highest BCUT2D eigenvalue weighted by Crippen LogP contribution is 2.45. The number of carbonyl (C=O) groups is 8. The molecule has 18 heteroatoms. The maximum Gasteiger partial charge on any atom is 0.303 e. The van der Waals surface area contributed by atoms with Gasteiger partial charge in [0.15, 0.2) is 0 Å². The molecule has 4 fully saturated rings. The zero-order valence-corrected chi connectivity index (χ0v) is 72.0. The van der Waals surface area contributed by atoms with Crippen molar-refractivity contribution in [2.45, 2.75) is 391 Å². The van der Waals surface area contributed by atoms with E-state index in [2.05, 4.69) is 76.2 Å². The first kappa shape index (κ1) is 105. The average Bonchev–Trinajstić information content (AvgIpc) is 1.72. The maximum atomic E-state index is 12.4. The molecule has 8 rings (SSSR count).